The fraction of sp³-hybridized carbons (Fsp3) is 0.231. The van der Waals surface area contributed by atoms with Crippen LogP contribution in [-0.4, -0.2) is 23.7 Å². The highest BCUT2D eigenvalue weighted by atomic mass is 16.5. The van der Waals surface area contributed by atoms with Gasteiger partial charge in [0.2, 0.25) is 5.75 Å². The molecule has 106 valence electrons. The van der Waals surface area contributed by atoms with E-state index in [0.29, 0.717) is 23.9 Å². The Kier molecular flexibility index (Phi) is 4.56. The van der Waals surface area contributed by atoms with Crippen LogP contribution in [0.4, 0.5) is 5.82 Å². The number of hydrazine groups is 1. The van der Waals surface area contributed by atoms with E-state index >= 15 is 0 Å². The van der Waals surface area contributed by atoms with E-state index in [0.717, 1.165) is 5.75 Å². The zero-order chi connectivity index (χ0) is 14.4. The maximum atomic E-state index is 5.68. The van der Waals surface area contributed by atoms with Crippen molar-refractivity contribution in [2.24, 2.45) is 5.84 Å². The lowest BCUT2D eigenvalue weighted by Crippen LogP contribution is -2.10. The Hall–Kier alpha value is -2.54. The molecule has 3 N–H and O–H groups in total. The molecule has 0 unspecified atom stereocenters. The SMILES string of the molecule is CCOc1cccc(Oc2ncnc(NN)c2OC)c1. The molecule has 1 heterocycles. The first-order valence-corrected chi connectivity index (χ1v) is 6.04. The van der Waals surface area contributed by atoms with Crippen molar-refractivity contribution in [1.82, 2.24) is 9.97 Å². The quantitative estimate of drug-likeness (QED) is 0.615. The van der Waals surface area contributed by atoms with Gasteiger partial charge < -0.3 is 19.6 Å². The Morgan fingerprint density at radius 2 is 2.05 bits per heavy atom. The van der Waals surface area contributed by atoms with Gasteiger partial charge in [-0.05, 0) is 19.1 Å². The molecule has 2 rings (SSSR count). The largest absolute Gasteiger partial charge is 0.494 e. The summed E-state index contributed by atoms with van der Waals surface area (Å²) in [4.78, 5) is 7.97. The predicted octanol–water partition coefficient (Wildman–Crippen LogP) is 1.96. The Labute approximate surface area is 116 Å². The van der Waals surface area contributed by atoms with E-state index in [1.807, 2.05) is 19.1 Å². The minimum atomic E-state index is 0.268. The molecule has 0 amide bonds. The van der Waals surface area contributed by atoms with Crippen molar-refractivity contribution in [3.63, 3.8) is 0 Å². The molecule has 0 aliphatic rings. The number of nitrogens with one attached hydrogen (secondary N) is 1. The summed E-state index contributed by atoms with van der Waals surface area (Å²) in [6, 6.07) is 7.23. The molecule has 0 fully saturated rings. The summed E-state index contributed by atoms with van der Waals surface area (Å²) in [5.74, 6) is 7.60. The molecule has 0 radical (unpaired) electrons. The molecule has 1 aromatic carbocycles. The van der Waals surface area contributed by atoms with Gasteiger partial charge in [-0.3, -0.25) is 0 Å². The molecule has 0 atom stereocenters. The molecule has 1 aromatic heterocycles. The zero-order valence-electron chi connectivity index (χ0n) is 11.3. The lowest BCUT2D eigenvalue weighted by atomic mass is 10.3. The van der Waals surface area contributed by atoms with Gasteiger partial charge >= 0.3 is 0 Å². The number of ether oxygens (including phenoxy) is 3. The molecular formula is C13H16N4O3. The number of nitrogens with zero attached hydrogens (tertiary/aromatic N) is 2. The number of rotatable bonds is 6. The molecule has 7 heteroatoms. The molecule has 0 saturated heterocycles. The van der Waals surface area contributed by atoms with Gasteiger partial charge in [-0.1, -0.05) is 6.07 Å². The average molecular weight is 276 g/mol. The zero-order valence-corrected chi connectivity index (χ0v) is 11.3. The Morgan fingerprint density at radius 3 is 2.75 bits per heavy atom. The predicted molar refractivity (Wildman–Crippen MR) is 74.1 cm³/mol. The first-order chi connectivity index (χ1) is 9.78. The van der Waals surface area contributed by atoms with Crippen LogP contribution in [-0.2, 0) is 0 Å². The minimum absolute atomic E-state index is 0.268. The second kappa shape index (κ2) is 6.58. The Bertz CT molecular complexity index is 577. The fourth-order valence-electron chi connectivity index (χ4n) is 1.62. The molecule has 2 aromatic rings. The molecule has 0 aliphatic carbocycles. The van der Waals surface area contributed by atoms with Crippen LogP contribution in [0, 0.1) is 0 Å². The standard InChI is InChI=1S/C13H16N4O3/c1-3-19-9-5-4-6-10(7-9)20-13-11(18-2)12(17-14)15-8-16-13/h4-8H,3,14H2,1-2H3,(H,15,16,17). The van der Waals surface area contributed by atoms with Crippen LogP contribution < -0.4 is 25.5 Å². The van der Waals surface area contributed by atoms with Gasteiger partial charge in [-0.25, -0.2) is 10.8 Å². The topological polar surface area (TPSA) is 91.5 Å². The van der Waals surface area contributed by atoms with E-state index in [1.54, 1.807) is 12.1 Å². The van der Waals surface area contributed by atoms with Crippen LogP contribution in [0.3, 0.4) is 0 Å². The van der Waals surface area contributed by atoms with Crippen LogP contribution in [0.5, 0.6) is 23.1 Å². The molecule has 0 aliphatic heterocycles. The van der Waals surface area contributed by atoms with Gasteiger partial charge in [-0.15, -0.1) is 0 Å². The lowest BCUT2D eigenvalue weighted by molar-refractivity contribution is 0.336. The maximum Gasteiger partial charge on any atom is 0.268 e. The van der Waals surface area contributed by atoms with E-state index in [-0.39, 0.29) is 5.88 Å². The molecule has 7 nitrogen and oxygen atoms in total. The summed E-state index contributed by atoms with van der Waals surface area (Å²) >= 11 is 0. The van der Waals surface area contributed by atoms with E-state index < -0.39 is 0 Å². The monoisotopic (exact) mass is 276 g/mol. The number of aromatic nitrogens is 2. The van der Waals surface area contributed by atoms with E-state index in [1.165, 1.54) is 13.4 Å². The highest BCUT2D eigenvalue weighted by Crippen LogP contribution is 2.34. The van der Waals surface area contributed by atoms with Crippen LogP contribution in [0.1, 0.15) is 6.92 Å². The average Bonchev–Trinajstić information content (AvgIpc) is 2.47. The van der Waals surface area contributed by atoms with Gasteiger partial charge in [0.15, 0.2) is 5.82 Å². The van der Waals surface area contributed by atoms with Crippen LogP contribution in [0.2, 0.25) is 0 Å². The number of anilines is 1. The van der Waals surface area contributed by atoms with Gasteiger partial charge in [0.05, 0.1) is 13.7 Å². The second-order valence-corrected chi connectivity index (χ2v) is 3.71. The summed E-state index contributed by atoms with van der Waals surface area (Å²) in [5, 5.41) is 0. The first kappa shape index (κ1) is 13.9. The van der Waals surface area contributed by atoms with Crippen LogP contribution in [0.25, 0.3) is 0 Å². The number of methoxy groups -OCH3 is 1. The van der Waals surface area contributed by atoms with E-state index in [4.69, 9.17) is 20.1 Å². The van der Waals surface area contributed by atoms with Crippen molar-refractivity contribution in [1.29, 1.82) is 0 Å². The van der Waals surface area contributed by atoms with Crippen LogP contribution >= 0.6 is 0 Å². The summed E-state index contributed by atoms with van der Waals surface area (Å²) in [6.07, 6.45) is 1.33. The lowest BCUT2D eigenvalue weighted by Gasteiger charge is -2.12. The van der Waals surface area contributed by atoms with Crippen molar-refractivity contribution in [2.75, 3.05) is 19.1 Å². The van der Waals surface area contributed by atoms with Crippen molar-refractivity contribution >= 4 is 5.82 Å². The Balaban J connectivity index is 2.27. The number of nitrogen functional groups attached to an aromatic ring is 1. The van der Waals surface area contributed by atoms with Gasteiger partial charge in [0, 0.05) is 6.07 Å². The third-order valence-corrected chi connectivity index (χ3v) is 2.44. The summed E-state index contributed by atoms with van der Waals surface area (Å²) in [7, 11) is 1.49. The van der Waals surface area contributed by atoms with Gasteiger partial charge in [-0.2, -0.15) is 4.98 Å². The normalized spacial score (nSPS) is 9.95. The summed E-state index contributed by atoms with van der Waals surface area (Å²) in [6.45, 7) is 2.50. The highest BCUT2D eigenvalue weighted by molar-refractivity contribution is 5.55. The fourth-order valence-corrected chi connectivity index (χ4v) is 1.62. The number of nitrogens with two attached hydrogens (primary N) is 1. The molecule has 0 saturated carbocycles. The Morgan fingerprint density at radius 1 is 1.25 bits per heavy atom. The molecule has 0 bridgehead atoms. The van der Waals surface area contributed by atoms with Gasteiger partial charge in [0.25, 0.3) is 5.88 Å². The van der Waals surface area contributed by atoms with Gasteiger partial charge in [0.1, 0.15) is 17.8 Å². The molecular weight excluding hydrogens is 260 g/mol. The maximum absolute atomic E-state index is 5.68. The van der Waals surface area contributed by atoms with Crippen LogP contribution in [0.15, 0.2) is 30.6 Å². The van der Waals surface area contributed by atoms with E-state index in [9.17, 15) is 0 Å². The van der Waals surface area contributed by atoms with E-state index in [2.05, 4.69) is 15.4 Å². The molecule has 0 spiro atoms. The number of benzene rings is 1. The number of hydrogen-bond acceptors (Lipinski definition) is 7. The van der Waals surface area contributed by atoms with Crippen molar-refractivity contribution in [3.05, 3.63) is 30.6 Å². The minimum Gasteiger partial charge on any atom is -0.494 e. The van der Waals surface area contributed by atoms with Crippen molar-refractivity contribution < 1.29 is 14.2 Å². The second-order valence-electron chi connectivity index (χ2n) is 3.71. The molecule has 20 heavy (non-hydrogen) atoms. The smallest absolute Gasteiger partial charge is 0.268 e. The number of hydrogen-bond donors (Lipinski definition) is 2. The summed E-state index contributed by atoms with van der Waals surface area (Å²) in [5.41, 5.74) is 2.42. The third-order valence-electron chi connectivity index (χ3n) is 2.44. The first-order valence-electron chi connectivity index (χ1n) is 6.04. The third kappa shape index (κ3) is 3.07. The van der Waals surface area contributed by atoms with Crippen molar-refractivity contribution in [2.45, 2.75) is 6.92 Å². The summed E-state index contributed by atoms with van der Waals surface area (Å²) < 4.78 is 16.3. The highest BCUT2D eigenvalue weighted by Gasteiger charge is 2.13. The van der Waals surface area contributed by atoms with Crippen molar-refractivity contribution in [3.8, 4) is 23.1 Å².